The summed E-state index contributed by atoms with van der Waals surface area (Å²) in [5, 5.41) is 0. The Morgan fingerprint density at radius 1 is 0.517 bits per heavy atom. The summed E-state index contributed by atoms with van der Waals surface area (Å²) in [6.07, 6.45) is 6.87. The number of hydrogen-bond donors (Lipinski definition) is 0. The van der Waals surface area contributed by atoms with Gasteiger partial charge < -0.3 is 4.11 Å². The van der Waals surface area contributed by atoms with Crippen LogP contribution in [0.4, 0.5) is 4.11 Å². The first kappa shape index (κ1) is 29.1. The fourth-order valence-corrected chi connectivity index (χ4v) is 9.11. The highest BCUT2D eigenvalue weighted by molar-refractivity contribution is 6.73. The minimum Gasteiger partial charge on any atom is -0.314 e. The molecule has 0 radical (unpaired) electrons. The predicted molar refractivity (Wildman–Crippen MR) is 135 cm³/mol. The molecule has 0 aliphatic carbocycles. The molecule has 2 heteroatoms. The fraction of sp³-hybridized carbons (Fsp3) is 1.00. The molecular weight excluding hydrogens is 371 g/mol. The number of rotatable bonds is 12. The highest BCUT2D eigenvalue weighted by Crippen LogP contribution is 2.37. The van der Waals surface area contributed by atoms with E-state index in [4.69, 9.17) is 0 Å². The van der Waals surface area contributed by atoms with Crippen LogP contribution in [0, 0.1) is 34.0 Å². The van der Waals surface area contributed by atoms with E-state index in [1.54, 1.807) is 0 Å². The molecule has 0 saturated carbocycles. The highest BCUT2D eigenvalue weighted by atomic mass is 28.4. The van der Waals surface area contributed by atoms with Crippen LogP contribution in [0.1, 0.15) is 122 Å². The molecule has 29 heavy (non-hydrogen) atoms. The average molecular weight is 429 g/mol. The summed E-state index contributed by atoms with van der Waals surface area (Å²) >= 11 is 0. The van der Waals surface area contributed by atoms with Gasteiger partial charge in [-0.15, -0.1) is 0 Å². The molecule has 0 spiro atoms. The molecule has 3 unspecified atom stereocenters. The van der Waals surface area contributed by atoms with Gasteiger partial charge in [0.15, 0.2) is 0 Å². The van der Waals surface area contributed by atoms with Crippen molar-refractivity contribution in [2.24, 2.45) is 34.0 Å². The quantitative estimate of drug-likeness (QED) is 0.214. The van der Waals surface area contributed by atoms with Crippen molar-refractivity contribution in [1.82, 2.24) is 0 Å². The topological polar surface area (TPSA) is 0 Å². The Bertz CT molecular complexity index is 370. The lowest BCUT2D eigenvalue weighted by molar-refractivity contribution is 0.294. The van der Waals surface area contributed by atoms with Gasteiger partial charge >= 0.3 is 0 Å². The summed E-state index contributed by atoms with van der Waals surface area (Å²) in [6, 6.07) is 2.65. The van der Waals surface area contributed by atoms with E-state index >= 15 is 4.11 Å². The van der Waals surface area contributed by atoms with E-state index in [-0.39, 0.29) is 0 Å². The van der Waals surface area contributed by atoms with Crippen molar-refractivity contribution in [2.45, 2.75) is 140 Å². The van der Waals surface area contributed by atoms with E-state index in [1.165, 1.54) is 19.3 Å². The van der Waals surface area contributed by atoms with Crippen LogP contribution in [0.5, 0.6) is 0 Å². The normalized spacial score (nSPS) is 18.9. The summed E-state index contributed by atoms with van der Waals surface area (Å²) < 4.78 is 16.3. The van der Waals surface area contributed by atoms with E-state index in [9.17, 15) is 0 Å². The van der Waals surface area contributed by atoms with Crippen LogP contribution < -0.4 is 0 Å². The SMILES string of the molecule is CC(CC[Si](F)(CCC(C)CC(C)(C)C)CCC(C)CC(C)(C)C)CC(C)(C)C. The summed E-state index contributed by atoms with van der Waals surface area (Å²) in [5.41, 5.74) is 1.05. The molecule has 0 fully saturated rings. The Labute approximate surface area is 186 Å². The fourth-order valence-electron chi connectivity index (χ4n) is 5.33. The lowest BCUT2D eigenvalue weighted by atomic mass is 9.84. The zero-order valence-corrected chi connectivity index (χ0v) is 23.5. The van der Waals surface area contributed by atoms with Crippen molar-refractivity contribution in [2.75, 3.05) is 0 Å². The lowest BCUT2D eigenvalue weighted by Gasteiger charge is -2.30. The summed E-state index contributed by atoms with van der Waals surface area (Å²) in [6.45, 7) is 27.8. The Hall–Kier alpha value is 0.147. The molecule has 0 aromatic carbocycles. The monoisotopic (exact) mass is 428 g/mol. The zero-order valence-electron chi connectivity index (χ0n) is 22.5. The highest BCUT2D eigenvalue weighted by Gasteiger charge is 2.35. The molecule has 0 nitrogen and oxygen atoms in total. The maximum atomic E-state index is 16.3. The lowest BCUT2D eigenvalue weighted by Crippen LogP contribution is -2.31. The molecule has 0 aliphatic heterocycles. The molecule has 176 valence electrons. The zero-order chi connectivity index (χ0) is 23.1. The molecule has 0 heterocycles. The second-order valence-electron chi connectivity index (χ2n) is 14.4. The van der Waals surface area contributed by atoms with Crippen molar-refractivity contribution in [3.63, 3.8) is 0 Å². The molecule has 0 aromatic rings. The van der Waals surface area contributed by atoms with Crippen molar-refractivity contribution in [3.8, 4) is 0 Å². The summed E-state index contributed by atoms with van der Waals surface area (Å²) in [4.78, 5) is 0. The van der Waals surface area contributed by atoms with E-state index in [2.05, 4.69) is 83.1 Å². The van der Waals surface area contributed by atoms with Crippen molar-refractivity contribution in [3.05, 3.63) is 0 Å². The van der Waals surface area contributed by atoms with Crippen LogP contribution in [0.15, 0.2) is 0 Å². The minimum absolute atomic E-state index is 0.350. The Morgan fingerprint density at radius 3 is 0.897 bits per heavy atom. The van der Waals surface area contributed by atoms with Crippen LogP contribution in [0.3, 0.4) is 0 Å². The third kappa shape index (κ3) is 17.5. The molecule has 0 amide bonds. The molecule has 0 N–H and O–H groups in total. The van der Waals surface area contributed by atoms with Gasteiger partial charge in [-0.3, -0.25) is 0 Å². The van der Waals surface area contributed by atoms with Crippen LogP contribution in [0.2, 0.25) is 18.1 Å². The Kier molecular flexibility index (Phi) is 11.7. The second-order valence-corrected chi connectivity index (χ2v) is 18.2. The van der Waals surface area contributed by atoms with Crippen molar-refractivity contribution < 1.29 is 4.11 Å². The molecule has 3 atom stereocenters. The first-order valence-corrected chi connectivity index (χ1v) is 15.0. The maximum absolute atomic E-state index is 16.3. The van der Waals surface area contributed by atoms with Crippen molar-refractivity contribution in [1.29, 1.82) is 0 Å². The van der Waals surface area contributed by atoms with Gasteiger partial charge in [0.1, 0.15) is 0 Å². The first-order chi connectivity index (χ1) is 12.8. The standard InChI is InChI=1S/C27H57FSi/c1-22(19-25(4,5)6)13-16-29(28,17-14-23(2)20-26(7,8)9)18-15-24(3)21-27(10,11)12/h22-24H,13-21H2,1-12H3. The maximum Gasteiger partial charge on any atom is 0.247 e. The van der Waals surface area contributed by atoms with Gasteiger partial charge in [0.2, 0.25) is 8.41 Å². The van der Waals surface area contributed by atoms with Gasteiger partial charge in [0.25, 0.3) is 0 Å². The van der Waals surface area contributed by atoms with E-state index in [0.717, 1.165) is 37.4 Å². The second kappa shape index (κ2) is 11.7. The largest absolute Gasteiger partial charge is 0.314 e. The molecule has 0 bridgehead atoms. The third-order valence-corrected chi connectivity index (χ3v) is 9.69. The molecule has 0 aromatic heterocycles. The Morgan fingerprint density at radius 2 is 0.724 bits per heavy atom. The average Bonchev–Trinajstić information content (AvgIpc) is 2.44. The summed E-state index contributed by atoms with van der Waals surface area (Å²) in [5.74, 6) is 1.91. The third-order valence-electron chi connectivity index (χ3n) is 6.14. The van der Waals surface area contributed by atoms with Gasteiger partial charge in [0.05, 0.1) is 0 Å². The van der Waals surface area contributed by atoms with E-state index in [0.29, 0.717) is 34.0 Å². The number of hydrogen-bond acceptors (Lipinski definition) is 0. The van der Waals surface area contributed by atoms with Crippen LogP contribution in [0.25, 0.3) is 0 Å². The van der Waals surface area contributed by atoms with E-state index < -0.39 is 8.41 Å². The molecule has 0 rings (SSSR count). The predicted octanol–water partition coefficient (Wildman–Crippen LogP) is 10.3. The van der Waals surface area contributed by atoms with Gasteiger partial charge in [0, 0.05) is 0 Å². The van der Waals surface area contributed by atoms with Crippen LogP contribution >= 0.6 is 0 Å². The molecule has 0 saturated heterocycles. The number of halogens is 1. The minimum atomic E-state index is -2.66. The molecular formula is C27H57FSi. The van der Waals surface area contributed by atoms with Gasteiger partial charge in [-0.25, -0.2) is 0 Å². The van der Waals surface area contributed by atoms with Gasteiger partial charge in [-0.2, -0.15) is 0 Å². The Balaban J connectivity index is 4.91. The van der Waals surface area contributed by atoms with E-state index in [1.807, 2.05) is 0 Å². The summed E-state index contributed by atoms with van der Waals surface area (Å²) in [7, 11) is -2.66. The van der Waals surface area contributed by atoms with Gasteiger partial charge in [-0.05, 0) is 71.4 Å². The van der Waals surface area contributed by atoms with Crippen LogP contribution in [-0.4, -0.2) is 8.41 Å². The van der Waals surface area contributed by atoms with Gasteiger partial charge in [-0.1, -0.05) is 102 Å². The van der Waals surface area contributed by atoms with Crippen molar-refractivity contribution >= 4 is 8.41 Å². The smallest absolute Gasteiger partial charge is 0.247 e. The first-order valence-electron chi connectivity index (χ1n) is 12.5. The molecule has 0 aliphatic rings. The van der Waals surface area contributed by atoms with Crippen LogP contribution in [-0.2, 0) is 0 Å².